The SMILES string of the molecule is CC(C)(C)C(=O)c1cn2cc(NC(=O)c3ccc(NC(=O)COCCOCCOCCO)cc3)ccc2n1. The number of aliphatic hydroxyl groups is 1. The van der Waals surface area contributed by atoms with Crippen molar-refractivity contribution in [2.24, 2.45) is 5.41 Å². The highest BCUT2D eigenvalue weighted by Gasteiger charge is 2.25. The lowest BCUT2D eigenvalue weighted by Gasteiger charge is -2.13. The van der Waals surface area contributed by atoms with Gasteiger partial charge in [0.05, 0.1) is 45.3 Å². The Labute approximate surface area is 221 Å². The van der Waals surface area contributed by atoms with E-state index in [4.69, 9.17) is 19.3 Å². The number of amides is 2. The molecule has 0 saturated heterocycles. The molecule has 0 fully saturated rings. The Morgan fingerprint density at radius 1 is 0.842 bits per heavy atom. The van der Waals surface area contributed by atoms with Crippen LogP contribution in [0, 0.1) is 5.41 Å². The van der Waals surface area contributed by atoms with Gasteiger partial charge in [-0.05, 0) is 36.4 Å². The first-order valence-electron chi connectivity index (χ1n) is 12.3. The molecule has 0 atom stereocenters. The third-order valence-electron chi connectivity index (χ3n) is 5.27. The topological polar surface area (TPSA) is 140 Å². The van der Waals surface area contributed by atoms with Crippen LogP contribution in [-0.4, -0.2) is 78.3 Å². The summed E-state index contributed by atoms with van der Waals surface area (Å²) in [7, 11) is 0. The maximum absolute atomic E-state index is 12.7. The molecule has 11 nitrogen and oxygen atoms in total. The van der Waals surface area contributed by atoms with Crippen LogP contribution in [0.15, 0.2) is 48.8 Å². The molecule has 1 aromatic carbocycles. The number of Topliss-reactive ketones (excluding diaryl/α,β-unsaturated/α-hetero) is 1. The van der Waals surface area contributed by atoms with Crippen LogP contribution < -0.4 is 10.6 Å². The van der Waals surface area contributed by atoms with Crippen LogP contribution in [-0.2, 0) is 19.0 Å². The zero-order chi connectivity index (χ0) is 27.5. The molecule has 3 rings (SSSR count). The number of nitrogens with zero attached hydrogens (tertiary/aromatic N) is 2. The molecule has 2 heterocycles. The fourth-order valence-corrected chi connectivity index (χ4v) is 3.33. The molecular weight excluding hydrogens is 492 g/mol. The predicted octanol–water partition coefficient (Wildman–Crippen LogP) is 2.80. The highest BCUT2D eigenvalue weighted by Crippen LogP contribution is 2.21. The van der Waals surface area contributed by atoms with Crippen LogP contribution in [0.1, 0.15) is 41.6 Å². The number of fused-ring (bicyclic) bond motifs is 1. The highest BCUT2D eigenvalue weighted by atomic mass is 16.5. The van der Waals surface area contributed by atoms with E-state index in [2.05, 4.69) is 15.6 Å². The summed E-state index contributed by atoms with van der Waals surface area (Å²) in [4.78, 5) is 41.6. The molecule has 11 heteroatoms. The summed E-state index contributed by atoms with van der Waals surface area (Å²) >= 11 is 0. The Kier molecular flexibility index (Phi) is 10.5. The van der Waals surface area contributed by atoms with Gasteiger partial charge in [0, 0.05) is 29.1 Å². The number of pyridine rings is 1. The standard InChI is InChI=1S/C27H34N4O7/c1-27(2,3)25(34)22-17-31-16-21(8-9-23(31)30-22)29-26(35)19-4-6-20(7-5-19)28-24(33)18-38-15-14-37-13-12-36-11-10-32/h4-9,16-17,32H,10-15,18H2,1-3H3,(H,28,33)(H,29,35). The first-order valence-corrected chi connectivity index (χ1v) is 12.3. The summed E-state index contributed by atoms with van der Waals surface area (Å²) in [6.07, 6.45) is 3.35. The van der Waals surface area contributed by atoms with Crippen LogP contribution in [0.3, 0.4) is 0 Å². The van der Waals surface area contributed by atoms with Gasteiger partial charge in [0.2, 0.25) is 5.91 Å². The van der Waals surface area contributed by atoms with Gasteiger partial charge in [-0.25, -0.2) is 4.98 Å². The molecule has 2 amide bonds. The van der Waals surface area contributed by atoms with E-state index in [0.717, 1.165) is 0 Å². The average molecular weight is 527 g/mol. The second kappa shape index (κ2) is 13.8. The molecule has 0 saturated carbocycles. The maximum Gasteiger partial charge on any atom is 0.255 e. The number of ether oxygens (including phenoxy) is 3. The Bertz CT molecular complexity index is 1230. The predicted molar refractivity (Wildman–Crippen MR) is 142 cm³/mol. The monoisotopic (exact) mass is 526 g/mol. The normalized spacial score (nSPS) is 11.5. The van der Waals surface area contributed by atoms with Gasteiger partial charge in [-0.1, -0.05) is 20.8 Å². The van der Waals surface area contributed by atoms with Crippen molar-refractivity contribution >= 4 is 34.6 Å². The molecule has 0 aliphatic carbocycles. The van der Waals surface area contributed by atoms with Gasteiger partial charge in [0.25, 0.3) is 5.91 Å². The first-order chi connectivity index (χ1) is 18.2. The second-order valence-electron chi connectivity index (χ2n) is 9.47. The Hall–Kier alpha value is -3.64. The molecular formula is C27H34N4O7. The average Bonchev–Trinajstić information content (AvgIpc) is 3.30. The number of carbonyl (C=O) groups excluding carboxylic acids is 3. The van der Waals surface area contributed by atoms with E-state index in [9.17, 15) is 14.4 Å². The first kappa shape index (κ1) is 28.9. The van der Waals surface area contributed by atoms with Gasteiger partial charge in [0.1, 0.15) is 17.9 Å². The molecule has 0 bridgehead atoms. The number of carbonyl (C=O) groups is 3. The Morgan fingerprint density at radius 2 is 1.47 bits per heavy atom. The van der Waals surface area contributed by atoms with Crippen molar-refractivity contribution in [3.63, 3.8) is 0 Å². The van der Waals surface area contributed by atoms with E-state index in [-0.39, 0.29) is 44.0 Å². The number of ketones is 1. The molecule has 0 radical (unpaired) electrons. The van der Waals surface area contributed by atoms with Gasteiger partial charge in [-0.15, -0.1) is 0 Å². The summed E-state index contributed by atoms with van der Waals surface area (Å²) in [5, 5.41) is 14.1. The van der Waals surface area contributed by atoms with Crippen LogP contribution in [0.2, 0.25) is 0 Å². The van der Waals surface area contributed by atoms with Gasteiger partial charge in [-0.3, -0.25) is 14.4 Å². The third kappa shape index (κ3) is 8.73. The van der Waals surface area contributed by atoms with Crippen molar-refractivity contribution in [2.75, 3.05) is 56.9 Å². The van der Waals surface area contributed by atoms with E-state index < -0.39 is 5.41 Å². The van der Waals surface area contributed by atoms with Crippen LogP contribution in [0.25, 0.3) is 5.65 Å². The number of benzene rings is 1. The van der Waals surface area contributed by atoms with Crippen LogP contribution in [0.4, 0.5) is 11.4 Å². The van der Waals surface area contributed by atoms with E-state index in [1.807, 2.05) is 20.8 Å². The molecule has 0 aliphatic heterocycles. The number of hydrogen-bond acceptors (Lipinski definition) is 8. The lowest BCUT2D eigenvalue weighted by atomic mass is 9.89. The molecule has 3 N–H and O–H groups in total. The molecule has 0 aliphatic rings. The number of rotatable bonds is 14. The van der Waals surface area contributed by atoms with Crippen molar-refractivity contribution < 1.29 is 33.7 Å². The maximum atomic E-state index is 12.7. The van der Waals surface area contributed by atoms with E-state index in [1.165, 1.54) is 0 Å². The smallest absolute Gasteiger partial charge is 0.255 e. The van der Waals surface area contributed by atoms with E-state index >= 15 is 0 Å². The molecule has 0 unspecified atom stereocenters. The zero-order valence-electron chi connectivity index (χ0n) is 21.9. The largest absolute Gasteiger partial charge is 0.394 e. The van der Waals surface area contributed by atoms with Crippen LogP contribution >= 0.6 is 0 Å². The highest BCUT2D eigenvalue weighted by molar-refractivity contribution is 6.04. The fraction of sp³-hybridized carbons (Fsp3) is 0.407. The number of aliphatic hydroxyl groups excluding tert-OH is 1. The lowest BCUT2D eigenvalue weighted by Crippen LogP contribution is -2.20. The minimum absolute atomic E-state index is 0.0265. The molecule has 204 valence electrons. The summed E-state index contributed by atoms with van der Waals surface area (Å²) in [5.74, 6) is -0.707. The van der Waals surface area contributed by atoms with Gasteiger partial charge < -0.3 is 34.4 Å². The number of imidazole rings is 1. The molecule has 0 spiro atoms. The fourth-order valence-electron chi connectivity index (χ4n) is 3.33. The van der Waals surface area contributed by atoms with Crippen molar-refractivity contribution in [1.29, 1.82) is 0 Å². The minimum Gasteiger partial charge on any atom is -0.394 e. The molecule has 2 aromatic heterocycles. The molecule has 38 heavy (non-hydrogen) atoms. The quantitative estimate of drug-likeness (QED) is 0.215. The lowest BCUT2D eigenvalue weighted by molar-refractivity contribution is -0.121. The van der Waals surface area contributed by atoms with Crippen molar-refractivity contribution in [3.8, 4) is 0 Å². The van der Waals surface area contributed by atoms with Crippen molar-refractivity contribution in [2.45, 2.75) is 20.8 Å². The Balaban J connectivity index is 1.44. The summed E-state index contributed by atoms with van der Waals surface area (Å²) in [6.45, 7) is 6.98. The van der Waals surface area contributed by atoms with Gasteiger partial charge >= 0.3 is 0 Å². The number of aromatic nitrogens is 2. The second-order valence-corrected chi connectivity index (χ2v) is 9.47. The molecule has 3 aromatic rings. The Morgan fingerprint density at radius 3 is 2.13 bits per heavy atom. The summed E-state index contributed by atoms with van der Waals surface area (Å²) in [6, 6.07) is 9.92. The number of hydrogen-bond donors (Lipinski definition) is 3. The van der Waals surface area contributed by atoms with E-state index in [0.29, 0.717) is 48.1 Å². The third-order valence-corrected chi connectivity index (χ3v) is 5.27. The van der Waals surface area contributed by atoms with Gasteiger partial charge in [0.15, 0.2) is 5.78 Å². The summed E-state index contributed by atoms with van der Waals surface area (Å²) < 4.78 is 17.3. The number of anilines is 2. The summed E-state index contributed by atoms with van der Waals surface area (Å²) in [5.41, 5.74) is 1.93. The van der Waals surface area contributed by atoms with Gasteiger partial charge in [-0.2, -0.15) is 0 Å². The minimum atomic E-state index is -0.542. The van der Waals surface area contributed by atoms with Crippen LogP contribution in [0.5, 0.6) is 0 Å². The van der Waals surface area contributed by atoms with Crippen molar-refractivity contribution in [1.82, 2.24) is 9.38 Å². The number of nitrogens with one attached hydrogen (secondary N) is 2. The zero-order valence-corrected chi connectivity index (χ0v) is 21.9. The van der Waals surface area contributed by atoms with Crippen molar-refractivity contribution in [3.05, 3.63) is 60.0 Å². The van der Waals surface area contributed by atoms with E-state index in [1.54, 1.807) is 53.2 Å².